The standard InChI is InChI=1S/C29H37FN4O/c1-19-16-22(20-8-12-33(13-9-20)24-10-14-34(15-11-24)23-5-6-23)18-26-28(19)31-29(32(26)2)21-4-7-27(35-3)25(30)17-21/h4,7,16-18,20,23-24H,5-6,8-15H2,1-3H3. The number of likely N-dealkylation sites (tertiary alicyclic amines) is 2. The summed E-state index contributed by atoms with van der Waals surface area (Å²) in [5.74, 6) is 1.28. The minimum Gasteiger partial charge on any atom is -0.494 e. The van der Waals surface area contributed by atoms with Gasteiger partial charge in [-0.15, -0.1) is 0 Å². The van der Waals surface area contributed by atoms with Crippen LogP contribution in [0.2, 0.25) is 0 Å². The van der Waals surface area contributed by atoms with Gasteiger partial charge in [0.1, 0.15) is 5.82 Å². The first-order valence-electron chi connectivity index (χ1n) is 13.3. The molecule has 1 aromatic heterocycles. The van der Waals surface area contributed by atoms with Crippen molar-refractivity contribution in [2.24, 2.45) is 7.05 Å². The Morgan fingerprint density at radius 2 is 1.54 bits per heavy atom. The summed E-state index contributed by atoms with van der Waals surface area (Å²) in [6.07, 6.45) is 7.99. The second kappa shape index (κ2) is 9.21. The van der Waals surface area contributed by atoms with Gasteiger partial charge < -0.3 is 19.1 Å². The lowest BCUT2D eigenvalue weighted by atomic mass is 9.87. The van der Waals surface area contributed by atoms with Crippen molar-refractivity contribution < 1.29 is 9.13 Å². The molecule has 6 heteroatoms. The third-order valence-corrected chi connectivity index (χ3v) is 8.69. The van der Waals surface area contributed by atoms with Crippen molar-refractivity contribution in [2.45, 2.75) is 63.5 Å². The van der Waals surface area contributed by atoms with Gasteiger partial charge in [-0.1, -0.05) is 6.07 Å². The highest BCUT2D eigenvalue weighted by Gasteiger charge is 2.34. The maximum absolute atomic E-state index is 14.4. The van der Waals surface area contributed by atoms with Crippen LogP contribution in [0.25, 0.3) is 22.4 Å². The fourth-order valence-corrected chi connectivity index (χ4v) is 6.44. The van der Waals surface area contributed by atoms with Gasteiger partial charge in [-0.3, -0.25) is 0 Å². The van der Waals surface area contributed by atoms with E-state index in [-0.39, 0.29) is 11.6 Å². The molecule has 2 aromatic carbocycles. The first kappa shape index (κ1) is 23.0. The van der Waals surface area contributed by atoms with Gasteiger partial charge in [0, 0.05) is 24.7 Å². The number of piperidine rings is 2. The van der Waals surface area contributed by atoms with Crippen molar-refractivity contribution in [2.75, 3.05) is 33.3 Å². The van der Waals surface area contributed by atoms with E-state index >= 15 is 0 Å². The normalized spacial score (nSPS) is 21.1. The van der Waals surface area contributed by atoms with Crippen LogP contribution in [0.4, 0.5) is 4.39 Å². The van der Waals surface area contributed by atoms with E-state index in [0.717, 1.165) is 34.5 Å². The smallest absolute Gasteiger partial charge is 0.165 e. The number of methoxy groups -OCH3 is 1. The number of ether oxygens (including phenoxy) is 1. The van der Waals surface area contributed by atoms with Crippen LogP contribution in [0.3, 0.4) is 0 Å². The second-order valence-electron chi connectivity index (χ2n) is 10.9. The number of nitrogens with zero attached hydrogens (tertiary/aromatic N) is 4. The number of aryl methyl sites for hydroxylation is 2. The van der Waals surface area contributed by atoms with Crippen LogP contribution >= 0.6 is 0 Å². The fourth-order valence-electron chi connectivity index (χ4n) is 6.44. The molecule has 186 valence electrons. The van der Waals surface area contributed by atoms with E-state index in [0.29, 0.717) is 5.92 Å². The van der Waals surface area contributed by atoms with Crippen molar-refractivity contribution >= 4 is 11.0 Å². The summed E-state index contributed by atoms with van der Waals surface area (Å²) >= 11 is 0. The molecule has 0 unspecified atom stereocenters. The average molecular weight is 477 g/mol. The molecule has 1 aliphatic carbocycles. The Morgan fingerprint density at radius 1 is 0.886 bits per heavy atom. The zero-order valence-corrected chi connectivity index (χ0v) is 21.3. The van der Waals surface area contributed by atoms with Gasteiger partial charge in [-0.05, 0) is 113 Å². The highest BCUT2D eigenvalue weighted by atomic mass is 19.1. The van der Waals surface area contributed by atoms with Crippen LogP contribution in [0.1, 0.15) is 55.6 Å². The van der Waals surface area contributed by atoms with E-state index < -0.39 is 0 Å². The Balaban J connectivity index is 1.18. The molecule has 5 nitrogen and oxygen atoms in total. The van der Waals surface area contributed by atoms with Gasteiger partial charge >= 0.3 is 0 Å². The fraction of sp³-hybridized carbons (Fsp3) is 0.552. The number of hydrogen-bond donors (Lipinski definition) is 0. The quantitative estimate of drug-likeness (QED) is 0.487. The Bertz CT molecular complexity index is 1220. The molecular weight excluding hydrogens is 439 g/mol. The Hall–Kier alpha value is -2.44. The number of benzene rings is 2. The van der Waals surface area contributed by atoms with E-state index in [1.165, 1.54) is 89.0 Å². The number of halogens is 1. The van der Waals surface area contributed by atoms with Crippen LogP contribution in [0.15, 0.2) is 30.3 Å². The van der Waals surface area contributed by atoms with Crippen LogP contribution in [0, 0.1) is 12.7 Å². The second-order valence-corrected chi connectivity index (χ2v) is 10.9. The maximum atomic E-state index is 14.4. The lowest BCUT2D eigenvalue weighted by Crippen LogP contribution is -2.47. The van der Waals surface area contributed by atoms with Gasteiger partial charge in [0.15, 0.2) is 11.6 Å². The highest BCUT2D eigenvalue weighted by Crippen LogP contribution is 2.36. The summed E-state index contributed by atoms with van der Waals surface area (Å²) in [5, 5.41) is 0. The zero-order valence-electron chi connectivity index (χ0n) is 21.3. The summed E-state index contributed by atoms with van der Waals surface area (Å²) in [4.78, 5) is 10.4. The molecule has 1 saturated carbocycles. The van der Waals surface area contributed by atoms with Gasteiger partial charge in [0.05, 0.1) is 18.1 Å². The van der Waals surface area contributed by atoms with Crippen molar-refractivity contribution in [1.29, 1.82) is 0 Å². The van der Waals surface area contributed by atoms with Crippen LogP contribution in [-0.2, 0) is 7.05 Å². The molecule has 0 radical (unpaired) electrons. The lowest BCUT2D eigenvalue weighted by Gasteiger charge is -2.42. The van der Waals surface area contributed by atoms with Crippen molar-refractivity contribution in [3.63, 3.8) is 0 Å². The summed E-state index contributed by atoms with van der Waals surface area (Å²) < 4.78 is 21.6. The van der Waals surface area contributed by atoms with Crippen molar-refractivity contribution in [3.8, 4) is 17.1 Å². The molecule has 3 heterocycles. The van der Waals surface area contributed by atoms with E-state index in [2.05, 4.69) is 33.4 Å². The molecule has 3 aliphatic rings. The molecule has 3 aromatic rings. The van der Waals surface area contributed by atoms with Crippen molar-refractivity contribution in [3.05, 3.63) is 47.3 Å². The number of rotatable bonds is 5. The molecule has 2 saturated heterocycles. The number of fused-ring (bicyclic) bond motifs is 1. The van der Waals surface area contributed by atoms with E-state index in [1.807, 2.05) is 13.1 Å². The Kier molecular flexibility index (Phi) is 6.05. The summed E-state index contributed by atoms with van der Waals surface area (Å²) in [6.45, 7) is 7.16. The first-order valence-corrected chi connectivity index (χ1v) is 13.3. The monoisotopic (exact) mass is 476 g/mol. The van der Waals surface area contributed by atoms with Crippen LogP contribution in [-0.4, -0.2) is 64.7 Å². The Morgan fingerprint density at radius 3 is 2.17 bits per heavy atom. The van der Waals surface area contributed by atoms with E-state index in [1.54, 1.807) is 6.07 Å². The van der Waals surface area contributed by atoms with Gasteiger partial charge in [-0.2, -0.15) is 0 Å². The highest BCUT2D eigenvalue weighted by molar-refractivity contribution is 5.84. The predicted molar refractivity (Wildman–Crippen MR) is 139 cm³/mol. The molecule has 6 rings (SSSR count). The molecule has 0 spiro atoms. The molecule has 3 fully saturated rings. The van der Waals surface area contributed by atoms with Gasteiger partial charge in [0.25, 0.3) is 0 Å². The summed E-state index contributed by atoms with van der Waals surface area (Å²) in [7, 11) is 3.52. The predicted octanol–water partition coefficient (Wildman–Crippen LogP) is 5.50. The molecule has 2 aliphatic heterocycles. The molecule has 0 atom stereocenters. The van der Waals surface area contributed by atoms with Gasteiger partial charge in [0.2, 0.25) is 0 Å². The topological polar surface area (TPSA) is 33.5 Å². The summed E-state index contributed by atoms with van der Waals surface area (Å²) in [5.41, 5.74) is 5.52. The molecule has 35 heavy (non-hydrogen) atoms. The third-order valence-electron chi connectivity index (χ3n) is 8.69. The molecule has 0 amide bonds. The van der Waals surface area contributed by atoms with E-state index in [9.17, 15) is 4.39 Å². The minimum absolute atomic E-state index is 0.255. The van der Waals surface area contributed by atoms with E-state index in [4.69, 9.17) is 9.72 Å². The Labute approximate surface area is 207 Å². The number of imidazole rings is 1. The minimum atomic E-state index is -0.362. The average Bonchev–Trinajstić information content (AvgIpc) is 3.68. The zero-order chi connectivity index (χ0) is 24.1. The van der Waals surface area contributed by atoms with Crippen molar-refractivity contribution in [1.82, 2.24) is 19.4 Å². The van der Waals surface area contributed by atoms with Gasteiger partial charge in [-0.25, -0.2) is 9.37 Å². The number of hydrogen-bond acceptors (Lipinski definition) is 4. The first-order chi connectivity index (χ1) is 17.0. The van der Waals surface area contributed by atoms with Crippen LogP contribution in [0.5, 0.6) is 5.75 Å². The SMILES string of the molecule is COc1ccc(-c2nc3c(C)cc(C4CCN(C5CCN(C6CC6)CC5)CC4)cc3n2C)cc1F. The lowest BCUT2D eigenvalue weighted by molar-refractivity contribution is 0.0844. The molecular formula is C29H37FN4O. The van der Waals surface area contributed by atoms with Crippen LogP contribution < -0.4 is 4.74 Å². The maximum Gasteiger partial charge on any atom is 0.165 e. The molecule has 0 N–H and O–H groups in total. The third kappa shape index (κ3) is 4.36. The summed E-state index contributed by atoms with van der Waals surface area (Å²) in [6, 6.07) is 11.4. The number of aromatic nitrogens is 2. The largest absolute Gasteiger partial charge is 0.494 e. The molecule has 0 bridgehead atoms.